The molecule has 0 bridgehead atoms. The highest BCUT2D eigenvalue weighted by molar-refractivity contribution is 5.89. The van der Waals surface area contributed by atoms with E-state index in [2.05, 4.69) is 33.5 Å². The number of benzene rings is 2. The van der Waals surface area contributed by atoms with Gasteiger partial charge in [0.25, 0.3) is 0 Å². The SMILES string of the molecule is CCC[C@H](N)C(=O)N1CCC[C@H]1c1nc2ccc(-c3ccc4cc(-c5cnc([C@@H]6CCCN6C(=O)[C@@H](NC(=O)OC)C6CC6)[nH]5)ccc4n3)cc2[nH]1. The molecule has 5 heterocycles. The number of rotatable bonds is 10. The molecule has 3 fully saturated rings. The van der Waals surface area contributed by atoms with Gasteiger partial charge in [0.1, 0.15) is 17.7 Å². The van der Waals surface area contributed by atoms with Crippen molar-refractivity contribution < 1.29 is 19.1 Å². The van der Waals surface area contributed by atoms with Gasteiger partial charge in [0.15, 0.2) is 0 Å². The number of hydrogen-bond donors (Lipinski definition) is 4. The molecule has 3 amide bonds. The van der Waals surface area contributed by atoms with Crippen molar-refractivity contribution in [1.29, 1.82) is 0 Å². The molecule has 0 spiro atoms. The molecule has 5 aromatic rings. The van der Waals surface area contributed by atoms with Crippen LogP contribution < -0.4 is 11.1 Å². The van der Waals surface area contributed by atoms with Gasteiger partial charge in [0, 0.05) is 29.6 Å². The van der Waals surface area contributed by atoms with Crippen LogP contribution in [-0.4, -0.2) is 84.9 Å². The third-order valence-electron chi connectivity index (χ3n) is 10.8. The lowest BCUT2D eigenvalue weighted by Crippen LogP contribution is -2.49. The molecule has 3 aliphatic rings. The van der Waals surface area contributed by atoms with E-state index in [4.69, 9.17) is 25.4 Å². The largest absolute Gasteiger partial charge is 0.453 e. The summed E-state index contributed by atoms with van der Waals surface area (Å²) in [6.45, 7) is 3.37. The molecule has 4 atom stereocenters. The van der Waals surface area contributed by atoms with E-state index in [0.29, 0.717) is 19.5 Å². The number of imidazole rings is 2. The Hall–Kier alpha value is -5.30. The zero-order valence-corrected chi connectivity index (χ0v) is 29.6. The first kappa shape index (κ1) is 33.8. The van der Waals surface area contributed by atoms with Crippen LogP contribution in [0.5, 0.6) is 0 Å². The highest BCUT2D eigenvalue weighted by Gasteiger charge is 2.43. The van der Waals surface area contributed by atoms with Crippen molar-refractivity contribution in [3.8, 4) is 22.5 Å². The highest BCUT2D eigenvalue weighted by atomic mass is 16.5. The third kappa shape index (κ3) is 6.49. The molecule has 0 unspecified atom stereocenters. The maximum Gasteiger partial charge on any atom is 0.407 e. The molecule has 2 aromatic carbocycles. The second kappa shape index (κ2) is 14.0. The molecular weight excluding hydrogens is 658 g/mol. The van der Waals surface area contributed by atoms with Gasteiger partial charge in [-0.15, -0.1) is 0 Å². The minimum Gasteiger partial charge on any atom is -0.453 e. The van der Waals surface area contributed by atoms with Crippen LogP contribution in [0.3, 0.4) is 0 Å². The van der Waals surface area contributed by atoms with E-state index < -0.39 is 18.2 Å². The van der Waals surface area contributed by atoms with E-state index in [1.807, 2.05) is 53.3 Å². The summed E-state index contributed by atoms with van der Waals surface area (Å²) in [5, 5.41) is 3.76. The molecule has 0 radical (unpaired) electrons. The highest BCUT2D eigenvalue weighted by Crippen LogP contribution is 2.38. The lowest BCUT2D eigenvalue weighted by Gasteiger charge is -2.28. The van der Waals surface area contributed by atoms with Crippen LogP contribution in [0.25, 0.3) is 44.5 Å². The zero-order chi connectivity index (χ0) is 35.9. The van der Waals surface area contributed by atoms with Crippen molar-refractivity contribution in [2.45, 2.75) is 82.5 Å². The quantitative estimate of drug-likeness (QED) is 0.142. The number of likely N-dealkylation sites (tertiary alicyclic amines) is 2. The van der Waals surface area contributed by atoms with Crippen LogP contribution >= 0.6 is 0 Å². The van der Waals surface area contributed by atoms with Crippen molar-refractivity contribution in [2.24, 2.45) is 11.7 Å². The molecule has 13 nitrogen and oxygen atoms in total. The van der Waals surface area contributed by atoms with Crippen molar-refractivity contribution in [1.82, 2.24) is 40.0 Å². The number of carbonyl (C=O) groups is 3. The van der Waals surface area contributed by atoms with E-state index in [1.54, 1.807) is 0 Å². The number of pyridine rings is 1. The summed E-state index contributed by atoms with van der Waals surface area (Å²) in [5.74, 6) is 1.62. The summed E-state index contributed by atoms with van der Waals surface area (Å²) < 4.78 is 4.79. The molecule has 3 aromatic heterocycles. The van der Waals surface area contributed by atoms with Crippen LogP contribution in [0.2, 0.25) is 0 Å². The number of hydrogen-bond acceptors (Lipinski definition) is 8. The fourth-order valence-corrected chi connectivity index (χ4v) is 7.91. The van der Waals surface area contributed by atoms with Gasteiger partial charge in [-0.2, -0.15) is 0 Å². The van der Waals surface area contributed by atoms with E-state index >= 15 is 0 Å². The predicted molar refractivity (Wildman–Crippen MR) is 197 cm³/mol. The van der Waals surface area contributed by atoms with Gasteiger partial charge in [-0.1, -0.05) is 31.5 Å². The van der Waals surface area contributed by atoms with E-state index in [1.165, 1.54) is 7.11 Å². The average Bonchev–Trinajstić information content (AvgIpc) is 3.60. The molecular formula is C39H45N9O4. The summed E-state index contributed by atoms with van der Waals surface area (Å²) in [7, 11) is 1.31. The van der Waals surface area contributed by atoms with Crippen LogP contribution in [0.1, 0.15) is 82.0 Å². The van der Waals surface area contributed by atoms with Crippen LogP contribution in [0.4, 0.5) is 4.79 Å². The Morgan fingerprint density at radius 3 is 2.37 bits per heavy atom. The maximum atomic E-state index is 13.6. The monoisotopic (exact) mass is 703 g/mol. The molecule has 270 valence electrons. The standard InChI is InChI=1S/C39H45N9O4/c1-3-6-26(40)37(49)47-17-5-8-33(47)36-43-29-16-13-25(20-30(29)44-36)28-14-11-23-19-24(12-15-27(23)42-28)31-21-41-35(45-31)32-7-4-18-48(32)38(50)34(22-9-10-22)46-39(51)52-2/h11-16,19-22,26,32-34H,3-10,17-18,40H2,1-2H3,(H,41,45)(H,43,44)(H,46,51)/t26-,32-,33-,34-/m0/s1. The van der Waals surface area contributed by atoms with E-state index in [9.17, 15) is 14.4 Å². The first-order valence-electron chi connectivity index (χ1n) is 18.5. The number of carbonyl (C=O) groups excluding carboxylic acids is 3. The molecule has 8 rings (SSSR count). The number of H-pyrrole nitrogens is 2. The summed E-state index contributed by atoms with van der Waals surface area (Å²) in [6.07, 6.45) is 8.09. The Labute approximate surface area is 301 Å². The number of alkyl carbamates (subject to hydrolysis) is 1. The maximum absolute atomic E-state index is 13.6. The van der Waals surface area contributed by atoms with Crippen molar-refractivity contribution in [2.75, 3.05) is 20.2 Å². The molecule has 13 heteroatoms. The van der Waals surface area contributed by atoms with E-state index in [0.717, 1.165) is 101 Å². The molecule has 2 aliphatic heterocycles. The van der Waals surface area contributed by atoms with Gasteiger partial charge in [0.05, 0.1) is 59.4 Å². The number of nitrogens with two attached hydrogens (primary N) is 1. The predicted octanol–water partition coefficient (Wildman–Crippen LogP) is 5.76. The van der Waals surface area contributed by atoms with Gasteiger partial charge in [-0.05, 0) is 81.2 Å². The Morgan fingerprint density at radius 1 is 0.885 bits per heavy atom. The second-order valence-electron chi connectivity index (χ2n) is 14.4. The number of amides is 3. The Bertz CT molecular complexity index is 2140. The minimum atomic E-state index is -0.582. The van der Waals surface area contributed by atoms with Crippen LogP contribution in [-0.2, 0) is 14.3 Å². The fourth-order valence-electron chi connectivity index (χ4n) is 7.91. The Kier molecular flexibility index (Phi) is 9.12. The zero-order valence-electron chi connectivity index (χ0n) is 29.6. The number of ether oxygens (including phenoxy) is 1. The lowest BCUT2D eigenvalue weighted by molar-refractivity contribution is -0.135. The van der Waals surface area contributed by atoms with Gasteiger partial charge in [-0.3, -0.25) is 9.59 Å². The van der Waals surface area contributed by atoms with Crippen molar-refractivity contribution in [3.63, 3.8) is 0 Å². The van der Waals surface area contributed by atoms with Crippen LogP contribution in [0, 0.1) is 5.92 Å². The number of fused-ring (bicyclic) bond motifs is 2. The van der Waals surface area contributed by atoms with Gasteiger partial charge < -0.3 is 35.6 Å². The molecule has 52 heavy (non-hydrogen) atoms. The average molecular weight is 704 g/mol. The minimum absolute atomic E-state index is 0.00242. The smallest absolute Gasteiger partial charge is 0.407 e. The summed E-state index contributed by atoms with van der Waals surface area (Å²) >= 11 is 0. The first-order chi connectivity index (χ1) is 25.3. The van der Waals surface area contributed by atoms with Crippen LogP contribution in [0.15, 0.2) is 54.7 Å². The number of nitrogens with zero attached hydrogens (tertiary/aromatic N) is 5. The van der Waals surface area contributed by atoms with Gasteiger partial charge in [0.2, 0.25) is 11.8 Å². The summed E-state index contributed by atoms with van der Waals surface area (Å²) in [4.78, 5) is 63.9. The molecule has 2 saturated heterocycles. The Morgan fingerprint density at radius 2 is 1.62 bits per heavy atom. The molecule has 1 saturated carbocycles. The topological polar surface area (TPSA) is 175 Å². The van der Waals surface area contributed by atoms with Gasteiger partial charge >= 0.3 is 6.09 Å². The van der Waals surface area contributed by atoms with E-state index in [-0.39, 0.29) is 29.8 Å². The first-order valence-corrected chi connectivity index (χ1v) is 18.5. The number of aromatic amines is 2. The third-order valence-corrected chi connectivity index (χ3v) is 10.8. The Balaban J connectivity index is 0.986. The molecule has 1 aliphatic carbocycles. The number of aromatic nitrogens is 5. The second-order valence-corrected chi connectivity index (χ2v) is 14.4. The summed E-state index contributed by atoms with van der Waals surface area (Å²) in [6, 6.07) is 15.0. The normalized spacial score (nSPS) is 20.1. The van der Waals surface area contributed by atoms with Crippen molar-refractivity contribution >= 4 is 39.8 Å². The number of nitrogens with one attached hydrogen (secondary N) is 3. The van der Waals surface area contributed by atoms with Crippen molar-refractivity contribution in [3.05, 3.63) is 66.4 Å². The van der Waals surface area contributed by atoms with Gasteiger partial charge in [-0.25, -0.2) is 19.7 Å². The summed E-state index contributed by atoms with van der Waals surface area (Å²) in [5.41, 5.74) is 12.5. The lowest BCUT2D eigenvalue weighted by atomic mass is 10.1. The fraction of sp³-hybridized carbons (Fsp3) is 0.436. The molecule has 5 N–H and O–H groups in total. The number of methoxy groups -OCH3 is 1.